The summed E-state index contributed by atoms with van der Waals surface area (Å²) >= 11 is 3.06. The van der Waals surface area contributed by atoms with Crippen LogP contribution in [0.25, 0.3) is 20.4 Å². The Balaban J connectivity index is 1.84. The van der Waals surface area contributed by atoms with Crippen LogP contribution in [0.3, 0.4) is 0 Å². The van der Waals surface area contributed by atoms with E-state index in [4.69, 9.17) is 9.72 Å². The Morgan fingerprint density at radius 1 is 1.23 bits per heavy atom. The van der Waals surface area contributed by atoms with Crippen molar-refractivity contribution in [2.24, 2.45) is 0 Å². The first-order valence-corrected chi connectivity index (χ1v) is 10.9. The average Bonchev–Trinajstić information content (AvgIpc) is 3.05. The molecule has 3 aromatic heterocycles. The highest BCUT2D eigenvalue weighted by atomic mass is 32.2. The minimum absolute atomic E-state index is 0.214. The fourth-order valence-corrected chi connectivity index (χ4v) is 5.69. The number of hydrogen-bond donors (Lipinski definition) is 0. The first-order valence-electron chi connectivity index (χ1n) is 9.09. The molecule has 0 fully saturated rings. The highest BCUT2D eigenvalue weighted by Crippen LogP contribution is 2.41. The quantitative estimate of drug-likeness (QED) is 0.369. The van der Waals surface area contributed by atoms with E-state index in [1.807, 2.05) is 6.92 Å². The topological polar surface area (TPSA) is 65.0 Å². The number of hydrogen-bond acceptors (Lipinski definition) is 7. The fourth-order valence-electron chi connectivity index (χ4n) is 3.64. The first-order chi connectivity index (χ1) is 12.7. The van der Waals surface area contributed by atoms with E-state index in [9.17, 15) is 4.79 Å². The summed E-state index contributed by atoms with van der Waals surface area (Å²) in [5.74, 6) is 0.0501. The van der Waals surface area contributed by atoms with Crippen molar-refractivity contribution < 1.29 is 9.53 Å². The molecule has 0 bridgehead atoms. The standard InChI is InChI=1S/C19H21N3O2S2/c1-3-13-11-7-5-6-8-12(11)15-16-17(26-18(15)22-13)19(21-10-20-16)25-9-14(23)24-4-2/h10H,3-9H2,1-2H3. The third-order valence-corrected chi connectivity index (χ3v) is 6.91. The molecule has 0 aliphatic heterocycles. The number of thioether (sulfide) groups is 1. The van der Waals surface area contributed by atoms with Gasteiger partial charge in [0.15, 0.2) is 0 Å². The highest BCUT2D eigenvalue weighted by molar-refractivity contribution is 8.00. The summed E-state index contributed by atoms with van der Waals surface area (Å²) in [6.45, 7) is 4.39. The summed E-state index contributed by atoms with van der Waals surface area (Å²) in [5, 5.41) is 2.05. The number of rotatable bonds is 5. The zero-order valence-corrected chi connectivity index (χ0v) is 16.6. The third-order valence-electron chi connectivity index (χ3n) is 4.74. The Bertz CT molecular complexity index is 984. The molecule has 5 nitrogen and oxygen atoms in total. The Labute approximate surface area is 160 Å². The largest absolute Gasteiger partial charge is 0.465 e. The van der Waals surface area contributed by atoms with Crippen LogP contribution in [0.15, 0.2) is 11.4 Å². The van der Waals surface area contributed by atoms with Crippen molar-refractivity contribution in [1.29, 1.82) is 0 Å². The normalized spacial score (nSPS) is 13.9. The van der Waals surface area contributed by atoms with Gasteiger partial charge in [-0.25, -0.2) is 15.0 Å². The van der Waals surface area contributed by atoms with Gasteiger partial charge < -0.3 is 4.74 Å². The lowest BCUT2D eigenvalue weighted by molar-refractivity contribution is -0.139. The Hall–Kier alpha value is -1.73. The molecule has 7 heteroatoms. The first kappa shape index (κ1) is 17.7. The molecule has 1 aliphatic rings. The molecule has 136 valence electrons. The number of carbonyl (C=O) groups is 1. The summed E-state index contributed by atoms with van der Waals surface area (Å²) < 4.78 is 6.06. The van der Waals surface area contributed by atoms with Crippen molar-refractivity contribution in [3.63, 3.8) is 0 Å². The number of aryl methyl sites for hydroxylation is 2. The zero-order valence-electron chi connectivity index (χ0n) is 15.0. The van der Waals surface area contributed by atoms with Crippen molar-refractivity contribution in [3.8, 4) is 0 Å². The van der Waals surface area contributed by atoms with Gasteiger partial charge in [0.1, 0.15) is 16.2 Å². The van der Waals surface area contributed by atoms with Gasteiger partial charge in [0.2, 0.25) is 0 Å². The summed E-state index contributed by atoms with van der Waals surface area (Å²) in [4.78, 5) is 26.7. The van der Waals surface area contributed by atoms with Gasteiger partial charge in [-0.15, -0.1) is 11.3 Å². The number of thiophene rings is 1. The van der Waals surface area contributed by atoms with Crippen LogP contribution in [0.5, 0.6) is 0 Å². The average molecular weight is 388 g/mol. The van der Waals surface area contributed by atoms with Gasteiger partial charge >= 0.3 is 5.97 Å². The maximum Gasteiger partial charge on any atom is 0.316 e. The molecular formula is C19H21N3O2S2. The van der Waals surface area contributed by atoms with E-state index in [0.29, 0.717) is 6.61 Å². The predicted octanol–water partition coefficient (Wildman–Crippen LogP) is 4.34. The number of pyridine rings is 1. The van der Waals surface area contributed by atoms with E-state index in [-0.39, 0.29) is 11.7 Å². The van der Waals surface area contributed by atoms with Crippen LogP contribution in [0, 0.1) is 0 Å². The van der Waals surface area contributed by atoms with E-state index in [1.165, 1.54) is 46.8 Å². The smallest absolute Gasteiger partial charge is 0.316 e. The maximum atomic E-state index is 11.7. The highest BCUT2D eigenvalue weighted by Gasteiger charge is 2.22. The van der Waals surface area contributed by atoms with Gasteiger partial charge in [-0.2, -0.15) is 0 Å². The molecule has 0 atom stereocenters. The van der Waals surface area contributed by atoms with E-state index < -0.39 is 0 Å². The maximum absolute atomic E-state index is 11.7. The van der Waals surface area contributed by atoms with Crippen LogP contribution in [0.4, 0.5) is 0 Å². The summed E-state index contributed by atoms with van der Waals surface area (Å²) in [7, 11) is 0. The predicted molar refractivity (Wildman–Crippen MR) is 106 cm³/mol. The molecule has 3 heterocycles. The molecule has 0 saturated heterocycles. The molecule has 26 heavy (non-hydrogen) atoms. The Morgan fingerprint density at radius 3 is 2.81 bits per heavy atom. The van der Waals surface area contributed by atoms with Gasteiger partial charge in [0.25, 0.3) is 0 Å². The van der Waals surface area contributed by atoms with E-state index in [0.717, 1.165) is 39.3 Å². The van der Waals surface area contributed by atoms with Crippen molar-refractivity contribution in [2.75, 3.05) is 12.4 Å². The summed E-state index contributed by atoms with van der Waals surface area (Å²) in [6, 6.07) is 0. The Morgan fingerprint density at radius 2 is 2.04 bits per heavy atom. The zero-order chi connectivity index (χ0) is 18.1. The second kappa shape index (κ2) is 7.48. The lowest BCUT2D eigenvalue weighted by Crippen LogP contribution is -2.08. The number of ether oxygens (including phenoxy) is 1. The lowest BCUT2D eigenvalue weighted by atomic mass is 9.88. The molecule has 0 radical (unpaired) electrons. The van der Waals surface area contributed by atoms with Crippen molar-refractivity contribution >= 4 is 49.5 Å². The Kier molecular flexibility index (Phi) is 5.09. The second-order valence-corrected chi connectivity index (χ2v) is 8.27. The van der Waals surface area contributed by atoms with E-state index in [2.05, 4.69) is 16.9 Å². The molecule has 0 aromatic carbocycles. The van der Waals surface area contributed by atoms with Gasteiger partial charge in [-0.1, -0.05) is 18.7 Å². The van der Waals surface area contributed by atoms with Crippen molar-refractivity contribution in [2.45, 2.75) is 51.0 Å². The lowest BCUT2D eigenvalue weighted by Gasteiger charge is -2.19. The summed E-state index contributed by atoms with van der Waals surface area (Å²) in [5.41, 5.74) is 5.08. The molecule has 3 aromatic rings. The van der Waals surface area contributed by atoms with E-state index >= 15 is 0 Å². The van der Waals surface area contributed by atoms with Crippen LogP contribution >= 0.6 is 23.1 Å². The number of esters is 1. The van der Waals surface area contributed by atoms with Crippen molar-refractivity contribution in [3.05, 3.63) is 23.1 Å². The minimum atomic E-state index is -0.214. The van der Waals surface area contributed by atoms with Gasteiger partial charge in [-0.3, -0.25) is 4.79 Å². The molecule has 0 spiro atoms. The number of aromatic nitrogens is 3. The second-order valence-electron chi connectivity index (χ2n) is 6.31. The van der Waals surface area contributed by atoms with Gasteiger partial charge in [0, 0.05) is 11.1 Å². The van der Waals surface area contributed by atoms with Crippen LogP contribution in [-0.4, -0.2) is 33.3 Å². The number of carbonyl (C=O) groups excluding carboxylic acids is 1. The minimum Gasteiger partial charge on any atom is -0.465 e. The molecule has 4 rings (SSSR count). The molecule has 0 unspecified atom stereocenters. The third kappa shape index (κ3) is 3.07. The molecule has 0 N–H and O–H groups in total. The van der Waals surface area contributed by atoms with Gasteiger partial charge in [0.05, 0.1) is 22.6 Å². The molecule has 0 saturated carbocycles. The molecule has 1 aliphatic carbocycles. The van der Waals surface area contributed by atoms with E-state index in [1.54, 1.807) is 17.7 Å². The number of nitrogens with zero attached hydrogens (tertiary/aromatic N) is 3. The van der Waals surface area contributed by atoms with Crippen LogP contribution in [0.1, 0.15) is 43.5 Å². The molecule has 0 amide bonds. The van der Waals surface area contributed by atoms with Crippen LogP contribution in [-0.2, 0) is 28.8 Å². The number of fused-ring (bicyclic) bond motifs is 5. The molecular weight excluding hydrogens is 366 g/mol. The van der Waals surface area contributed by atoms with Crippen LogP contribution < -0.4 is 0 Å². The summed E-state index contributed by atoms with van der Waals surface area (Å²) in [6.07, 6.45) is 7.25. The monoisotopic (exact) mass is 387 g/mol. The SMILES string of the molecule is CCOC(=O)CSc1ncnc2c1sc1nc(CC)c3c(c12)CCCC3. The van der Waals surface area contributed by atoms with Crippen molar-refractivity contribution in [1.82, 2.24) is 15.0 Å². The van der Waals surface area contributed by atoms with Gasteiger partial charge in [-0.05, 0) is 50.2 Å². The van der Waals surface area contributed by atoms with Crippen LogP contribution in [0.2, 0.25) is 0 Å². The fraction of sp³-hybridized carbons (Fsp3) is 0.474.